The molecule has 0 aliphatic rings. The van der Waals surface area contributed by atoms with Crippen molar-refractivity contribution in [2.45, 2.75) is 331 Å². The number of ether oxygens (including phenoxy) is 4. The van der Waals surface area contributed by atoms with Gasteiger partial charge in [-0.25, -0.2) is 9.13 Å². The Labute approximate surface area is 511 Å². The van der Waals surface area contributed by atoms with Crippen LogP contribution in [0.4, 0.5) is 0 Å². The summed E-state index contributed by atoms with van der Waals surface area (Å²) in [5.41, 5.74) is 0. The lowest BCUT2D eigenvalue weighted by Crippen LogP contribution is -2.30. The summed E-state index contributed by atoms with van der Waals surface area (Å²) < 4.78 is 68.0. The number of aliphatic hydroxyl groups is 1. The van der Waals surface area contributed by atoms with Crippen molar-refractivity contribution in [3.8, 4) is 0 Å². The topological polar surface area (TPSA) is 237 Å². The molecule has 19 heteroatoms. The maximum atomic E-state index is 13.0. The fourth-order valence-electron chi connectivity index (χ4n) is 9.57. The highest BCUT2D eigenvalue weighted by Crippen LogP contribution is 2.45. The van der Waals surface area contributed by atoms with Crippen molar-refractivity contribution >= 4 is 39.5 Å². The highest BCUT2D eigenvalue weighted by molar-refractivity contribution is 7.47. The lowest BCUT2D eigenvalue weighted by molar-refractivity contribution is -0.161. The SMILES string of the molecule is CCC(C)CCCCCCCCC(=O)OC[C@H](COP(=O)(O)OC[C@H](O)COP(=O)(O)OC[C@@H](COC(=O)CCCCCCCCCCCCCC(C)C)OC(=O)CCCCCCCCCCC(C)C)OC(=O)CCCCCCCCC(C)C. The van der Waals surface area contributed by atoms with E-state index in [-0.39, 0.29) is 25.7 Å². The maximum absolute atomic E-state index is 13.0. The fraction of sp³-hybridized carbons (Fsp3) is 0.938. The number of phosphoric ester groups is 2. The second-order valence-corrected chi connectivity index (χ2v) is 28.1. The molecule has 3 unspecified atom stereocenters. The molecule has 6 atom stereocenters. The van der Waals surface area contributed by atoms with Gasteiger partial charge in [0.15, 0.2) is 12.2 Å². The van der Waals surface area contributed by atoms with Gasteiger partial charge in [0.2, 0.25) is 0 Å². The van der Waals surface area contributed by atoms with E-state index in [2.05, 4.69) is 55.4 Å². The zero-order chi connectivity index (χ0) is 62.5. The van der Waals surface area contributed by atoms with E-state index in [0.29, 0.717) is 31.6 Å². The summed E-state index contributed by atoms with van der Waals surface area (Å²) in [6.07, 6.45) is 35.1. The van der Waals surface area contributed by atoms with Gasteiger partial charge in [0.25, 0.3) is 0 Å². The molecule has 0 aromatic rings. The van der Waals surface area contributed by atoms with Crippen molar-refractivity contribution in [3.63, 3.8) is 0 Å². The Hall–Kier alpha value is -1.94. The molecule has 0 fully saturated rings. The van der Waals surface area contributed by atoms with E-state index in [4.69, 9.17) is 37.0 Å². The number of phosphoric acid groups is 2. The Morgan fingerprint density at radius 3 is 0.845 bits per heavy atom. The highest BCUT2D eigenvalue weighted by atomic mass is 31.2. The van der Waals surface area contributed by atoms with E-state index < -0.39 is 97.5 Å². The van der Waals surface area contributed by atoms with Crippen LogP contribution >= 0.6 is 15.6 Å². The van der Waals surface area contributed by atoms with Crippen LogP contribution < -0.4 is 0 Å². The Morgan fingerprint density at radius 2 is 0.571 bits per heavy atom. The van der Waals surface area contributed by atoms with Crippen molar-refractivity contribution in [1.29, 1.82) is 0 Å². The van der Waals surface area contributed by atoms with Crippen molar-refractivity contribution in [1.82, 2.24) is 0 Å². The average Bonchev–Trinajstić information content (AvgIpc) is 3.56. The molecule has 84 heavy (non-hydrogen) atoms. The van der Waals surface area contributed by atoms with Crippen LogP contribution in [0.15, 0.2) is 0 Å². The first-order chi connectivity index (χ1) is 40.1. The molecule has 0 radical (unpaired) electrons. The van der Waals surface area contributed by atoms with Gasteiger partial charge in [-0.15, -0.1) is 0 Å². The van der Waals surface area contributed by atoms with Gasteiger partial charge in [0.05, 0.1) is 26.4 Å². The van der Waals surface area contributed by atoms with Gasteiger partial charge in [-0.1, -0.05) is 261 Å². The first-order valence-electron chi connectivity index (χ1n) is 33.7. The summed E-state index contributed by atoms with van der Waals surface area (Å²) in [6, 6.07) is 0. The molecule has 0 spiro atoms. The van der Waals surface area contributed by atoms with Gasteiger partial charge in [-0.2, -0.15) is 0 Å². The van der Waals surface area contributed by atoms with E-state index >= 15 is 0 Å². The maximum Gasteiger partial charge on any atom is 0.472 e. The molecule has 498 valence electrons. The quantitative estimate of drug-likeness (QED) is 0.0222. The van der Waals surface area contributed by atoms with Gasteiger partial charge in [-0.05, 0) is 49.4 Å². The minimum atomic E-state index is -4.95. The van der Waals surface area contributed by atoms with Crippen LogP contribution in [0.1, 0.15) is 312 Å². The van der Waals surface area contributed by atoms with Crippen molar-refractivity contribution in [2.24, 2.45) is 23.7 Å². The molecule has 0 aliphatic carbocycles. The number of unbranched alkanes of at least 4 members (excludes halogenated alkanes) is 27. The van der Waals surface area contributed by atoms with Gasteiger partial charge in [-0.3, -0.25) is 37.3 Å². The van der Waals surface area contributed by atoms with E-state index in [1.165, 1.54) is 109 Å². The summed E-state index contributed by atoms with van der Waals surface area (Å²) >= 11 is 0. The zero-order valence-corrected chi connectivity index (χ0v) is 56.3. The molecule has 0 aromatic heterocycles. The van der Waals surface area contributed by atoms with Gasteiger partial charge in [0, 0.05) is 25.7 Å². The Morgan fingerprint density at radius 1 is 0.333 bits per heavy atom. The largest absolute Gasteiger partial charge is 0.472 e. The number of esters is 4. The zero-order valence-electron chi connectivity index (χ0n) is 54.5. The van der Waals surface area contributed by atoms with E-state index in [9.17, 15) is 43.2 Å². The molecule has 0 saturated carbocycles. The molecule has 17 nitrogen and oxygen atoms in total. The predicted octanol–water partition coefficient (Wildman–Crippen LogP) is 17.8. The van der Waals surface area contributed by atoms with Gasteiger partial charge < -0.3 is 33.8 Å². The predicted molar refractivity (Wildman–Crippen MR) is 335 cm³/mol. The van der Waals surface area contributed by atoms with Crippen molar-refractivity contribution in [2.75, 3.05) is 39.6 Å². The van der Waals surface area contributed by atoms with E-state index in [1.54, 1.807) is 0 Å². The first-order valence-corrected chi connectivity index (χ1v) is 36.7. The third-order valence-electron chi connectivity index (χ3n) is 15.2. The van der Waals surface area contributed by atoms with Gasteiger partial charge >= 0.3 is 39.5 Å². The third kappa shape index (κ3) is 57.8. The second kappa shape index (κ2) is 55.2. The first kappa shape index (κ1) is 82.1. The minimum Gasteiger partial charge on any atom is -0.462 e. The van der Waals surface area contributed by atoms with Crippen LogP contribution in [0.3, 0.4) is 0 Å². The minimum absolute atomic E-state index is 0.101. The lowest BCUT2D eigenvalue weighted by Gasteiger charge is -2.21. The van der Waals surface area contributed by atoms with Crippen LogP contribution in [0, 0.1) is 23.7 Å². The molecule has 0 bridgehead atoms. The number of hydrogen-bond donors (Lipinski definition) is 3. The normalized spacial score (nSPS) is 14.7. The molecule has 0 aromatic carbocycles. The molecular formula is C65H126O17P2. The third-order valence-corrected chi connectivity index (χ3v) is 17.1. The highest BCUT2D eigenvalue weighted by Gasteiger charge is 2.30. The Balaban J connectivity index is 5.24. The van der Waals surface area contributed by atoms with Crippen LogP contribution in [-0.4, -0.2) is 96.7 Å². The van der Waals surface area contributed by atoms with Gasteiger partial charge in [0.1, 0.15) is 19.3 Å². The number of carbonyl (C=O) groups excluding carboxylic acids is 4. The van der Waals surface area contributed by atoms with E-state index in [1.807, 2.05) is 0 Å². The number of aliphatic hydroxyl groups excluding tert-OH is 1. The molecule has 0 aliphatic heterocycles. The average molecular weight is 1240 g/mol. The smallest absolute Gasteiger partial charge is 0.462 e. The van der Waals surface area contributed by atoms with Crippen LogP contribution in [-0.2, 0) is 65.4 Å². The lowest BCUT2D eigenvalue weighted by atomic mass is 10.00. The Bertz CT molecular complexity index is 1680. The van der Waals surface area contributed by atoms with Crippen LogP contribution in [0.5, 0.6) is 0 Å². The number of rotatable bonds is 62. The molecule has 3 N–H and O–H groups in total. The standard InChI is InChI=1S/C65H126O17P2/c1-9-58(8)44-36-28-22-24-30-38-46-63(68)76-52-61(82-65(70)48-40-32-23-21-27-35-43-57(6)7)54-80-84(73,74)78-50-59(66)49-77-83(71,72)79-53-60(81-64(69)47-39-31-20-16-15-18-26-34-42-56(4)5)51-75-62(67)45-37-29-19-14-12-10-11-13-17-25-33-41-55(2)3/h55-61,66H,9-54H2,1-8H3,(H,71,72)(H,73,74)/t58?,59-,60-,61-/m1/s1. The van der Waals surface area contributed by atoms with Crippen molar-refractivity contribution < 1.29 is 80.2 Å². The molecular weight excluding hydrogens is 1110 g/mol. The van der Waals surface area contributed by atoms with Crippen molar-refractivity contribution in [3.05, 3.63) is 0 Å². The summed E-state index contributed by atoms with van der Waals surface area (Å²) in [6.45, 7) is 13.9. The summed E-state index contributed by atoms with van der Waals surface area (Å²) in [4.78, 5) is 72.2. The Kier molecular flexibility index (Phi) is 53.9. The number of hydrogen-bond acceptors (Lipinski definition) is 15. The summed E-state index contributed by atoms with van der Waals surface area (Å²) in [7, 11) is -9.89. The summed E-state index contributed by atoms with van der Waals surface area (Å²) in [5, 5.41) is 10.5. The molecule has 0 rings (SSSR count). The molecule has 0 heterocycles. The summed E-state index contributed by atoms with van der Waals surface area (Å²) in [5.74, 6) is 0.747. The number of carbonyl (C=O) groups is 4. The van der Waals surface area contributed by atoms with E-state index in [0.717, 1.165) is 114 Å². The van der Waals surface area contributed by atoms with Crippen LogP contribution in [0.2, 0.25) is 0 Å². The fourth-order valence-corrected chi connectivity index (χ4v) is 11.2. The second-order valence-electron chi connectivity index (χ2n) is 25.2. The molecule has 0 amide bonds. The monoisotopic (exact) mass is 1240 g/mol. The van der Waals surface area contributed by atoms with Crippen LogP contribution in [0.25, 0.3) is 0 Å². The molecule has 0 saturated heterocycles.